The molecule has 1 aromatic carbocycles. The van der Waals surface area contributed by atoms with Gasteiger partial charge in [0.1, 0.15) is 6.07 Å². The summed E-state index contributed by atoms with van der Waals surface area (Å²) in [5.74, 6) is -0.0304. The maximum Gasteiger partial charge on any atom is 0.233 e. The van der Waals surface area contributed by atoms with Crippen molar-refractivity contribution in [1.82, 2.24) is 0 Å². The standard InChI is InChI=1S/C12H15ClN2O2S/c1-12(2,3)8-18(16,17)15-11-6-10(13)5-4-9(11)7-14/h4-6,15H,8H2,1-3H3. The van der Waals surface area contributed by atoms with Crippen LogP contribution in [0.2, 0.25) is 5.02 Å². The topological polar surface area (TPSA) is 70.0 Å². The number of sulfonamides is 1. The summed E-state index contributed by atoms with van der Waals surface area (Å²) in [7, 11) is -3.50. The summed E-state index contributed by atoms with van der Waals surface area (Å²) in [4.78, 5) is 0. The highest BCUT2D eigenvalue weighted by atomic mass is 35.5. The molecule has 4 nitrogen and oxygen atoms in total. The van der Waals surface area contributed by atoms with Crippen LogP contribution in [0.15, 0.2) is 18.2 Å². The molecule has 98 valence electrons. The van der Waals surface area contributed by atoms with Gasteiger partial charge in [-0.25, -0.2) is 8.42 Å². The lowest BCUT2D eigenvalue weighted by molar-refractivity contribution is 0.463. The van der Waals surface area contributed by atoms with Gasteiger partial charge in [0.15, 0.2) is 0 Å². The maximum atomic E-state index is 11.9. The van der Waals surface area contributed by atoms with E-state index in [4.69, 9.17) is 16.9 Å². The van der Waals surface area contributed by atoms with Crippen molar-refractivity contribution in [1.29, 1.82) is 5.26 Å². The number of anilines is 1. The Hall–Kier alpha value is -1.25. The summed E-state index contributed by atoms with van der Waals surface area (Å²) in [6.45, 7) is 5.49. The summed E-state index contributed by atoms with van der Waals surface area (Å²) < 4.78 is 26.3. The molecule has 0 bridgehead atoms. The van der Waals surface area contributed by atoms with Crippen molar-refractivity contribution < 1.29 is 8.42 Å². The van der Waals surface area contributed by atoms with Crippen LogP contribution in [0.25, 0.3) is 0 Å². The van der Waals surface area contributed by atoms with Gasteiger partial charge in [-0.05, 0) is 23.6 Å². The molecule has 0 spiro atoms. The highest BCUT2D eigenvalue weighted by molar-refractivity contribution is 7.92. The Morgan fingerprint density at radius 3 is 2.50 bits per heavy atom. The molecule has 0 aromatic heterocycles. The number of halogens is 1. The third-order valence-corrected chi connectivity index (χ3v) is 4.00. The first-order valence-corrected chi connectivity index (χ1v) is 7.36. The Morgan fingerprint density at radius 1 is 1.39 bits per heavy atom. The summed E-state index contributed by atoms with van der Waals surface area (Å²) >= 11 is 5.79. The minimum atomic E-state index is -3.50. The predicted octanol–water partition coefficient (Wildman–Crippen LogP) is 3.00. The van der Waals surface area contributed by atoms with Crippen molar-refractivity contribution >= 4 is 27.3 Å². The summed E-state index contributed by atoms with van der Waals surface area (Å²) in [5, 5.41) is 9.29. The van der Waals surface area contributed by atoms with E-state index in [1.54, 1.807) is 6.07 Å². The van der Waals surface area contributed by atoms with Crippen molar-refractivity contribution in [2.24, 2.45) is 5.41 Å². The molecule has 1 N–H and O–H groups in total. The van der Waals surface area contributed by atoms with Crippen molar-refractivity contribution in [3.63, 3.8) is 0 Å². The van der Waals surface area contributed by atoms with E-state index in [1.165, 1.54) is 12.1 Å². The number of hydrogen-bond donors (Lipinski definition) is 1. The molecular formula is C12H15ClN2O2S. The third-order valence-electron chi connectivity index (χ3n) is 1.99. The number of rotatable bonds is 3. The van der Waals surface area contributed by atoms with Gasteiger partial charge in [-0.3, -0.25) is 4.72 Å². The lowest BCUT2D eigenvalue weighted by Crippen LogP contribution is -2.26. The molecule has 0 saturated heterocycles. The fourth-order valence-corrected chi connectivity index (χ4v) is 3.36. The van der Waals surface area contributed by atoms with Gasteiger partial charge < -0.3 is 0 Å². The number of benzene rings is 1. The van der Waals surface area contributed by atoms with Crippen molar-refractivity contribution in [3.8, 4) is 6.07 Å². The average Bonchev–Trinajstić information content (AvgIpc) is 2.13. The number of hydrogen-bond acceptors (Lipinski definition) is 3. The number of nitrogens with one attached hydrogen (secondary N) is 1. The fourth-order valence-electron chi connectivity index (χ4n) is 1.47. The first-order chi connectivity index (χ1) is 8.13. The van der Waals surface area contributed by atoms with Gasteiger partial charge in [0, 0.05) is 5.02 Å². The Labute approximate surface area is 113 Å². The first kappa shape index (κ1) is 14.8. The van der Waals surface area contributed by atoms with E-state index in [0.29, 0.717) is 5.02 Å². The summed E-state index contributed by atoms with van der Waals surface area (Å²) in [6, 6.07) is 6.38. The predicted molar refractivity (Wildman–Crippen MR) is 73.0 cm³/mol. The molecule has 18 heavy (non-hydrogen) atoms. The molecule has 0 unspecified atom stereocenters. The second-order valence-corrected chi connectivity index (χ2v) is 7.38. The normalized spacial score (nSPS) is 11.9. The van der Waals surface area contributed by atoms with E-state index in [1.807, 2.05) is 26.8 Å². The molecule has 0 amide bonds. The zero-order chi connectivity index (χ0) is 14.0. The molecule has 0 atom stereocenters. The van der Waals surface area contributed by atoms with Crippen LogP contribution in [0, 0.1) is 16.7 Å². The lowest BCUT2D eigenvalue weighted by Gasteiger charge is -2.19. The van der Waals surface area contributed by atoms with Gasteiger partial charge in [-0.1, -0.05) is 32.4 Å². The molecule has 0 fully saturated rings. The maximum absolute atomic E-state index is 11.9. The van der Waals surface area contributed by atoms with Crippen LogP contribution in [0.1, 0.15) is 26.3 Å². The van der Waals surface area contributed by atoms with Gasteiger partial charge in [0.05, 0.1) is 17.0 Å². The van der Waals surface area contributed by atoms with E-state index < -0.39 is 10.0 Å². The fraction of sp³-hybridized carbons (Fsp3) is 0.417. The zero-order valence-corrected chi connectivity index (χ0v) is 12.1. The molecule has 6 heteroatoms. The Morgan fingerprint density at radius 2 is 2.00 bits per heavy atom. The quantitative estimate of drug-likeness (QED) is 0.928. The smallest absolute Gasteiger partial charge is 0.233 e. The van der Waals surface area contributed by atoms with Gasteiger partial charge in [0.2, 0.25) is 10.0 Å². The highest BCUT2D eigenvalue weighted by Crippen LogP contribution is 2.23. The van der Waals surface area contributed by atoms with E-state index in [-0.39, 0.29) is 22.4 Å². The first-order valence-electron chi connectivity index (χ1n) is 5.33. The minimum Gasteiger partial charge on any atom is -0.282 e. The molecule has 0 aliphatic rings. The van der Waals surface area contributed by atoms with Crippen LogP contribution in [-0.2, 0) is 10.0 Å². The Kier molecular flexibility index (Phi) is 4.25. The second-order valence-electron chi connectivity index (χ2n) is 5.22. The SMILES string of the molecule is CC(C)(C)CS(=O)(=O)Nc1cc(Cl)ccc1C#N. The van der Waals surface area contributed by atoms with E-state index in [2.05, 4.69) is 4.72 Å². The van der Waals surface area contributed by atoms with E-state index in [0.717, 1.165) is 0 Å². The van der Waals surface area contributed by atoms with Crippen molar-refractivity contribution in [2.75, 3.05) is 10.5 Å². The van der Waals surface area contributed by atoms with Crippen molar-refractivity contribution in [2.45, 2.75) is 20.8 Å². The van der Waals surface area contributed by atoms with E-state index >= 15 is 0 Å². The Balaban J connectivity index is 3.05. The highest BCUT2D eigenvalue weighted by Gasteiger charge is 2.22. The molecule has 0 heterocycles. The van der Waals surface area contributed by atoms with Crippen LogP contribution in [0.4, 0.5) is 5.69 Å². The zero-order valence-electron chi connectivity index (χ0n) is 10.5. The largest absolute Gasteiger partial charge is 0.282 e. The molecule has 0 aliphatic heterocycles. The summed E-state index contributed by atoms with van der Waals surface area (Å²) in [6.07, 6.45) is 0. The van der Waals surface area contributed by atoms with Crippen LogP contribution in [-0.4, -0.2) is 14.2 Å². The Bertz CT molecular complexity index is 583. The molecule has 0 radical (unpaired) electrons. The van der Waals surface area contributed by atoms with Gasteiger partial charge in [-0.15, -0.1) is 0 Å². The molecule has 1 aromatic rings. The minimum absolute atomic E-state index is 0.0304. The van der Waals surface area contributed by atoms with E-state index in [9.17, 15) is 8.42 Å². The van der Waals surface area contributed by atoms with Crippen LogP contribution in [0.5, 0.6) is 0 Å². The third kappa shape index (κ3) is 4.55. The molecule has 0 aliphatic carbocycles. The molecular weight excluding hydrogens is 272 g/mol. The lowest BCUT2D eigenvalue weighted by atomic mass is 10.0. The molecule has 1 rings (SSSR count). The van der Waals surface area contributed by atoms with Crippen LogP contribution >= 0.6 is 11.6 Å². The number of nitriles is 1. The van der Waals surface area contributed by atoms with Crippen LogP contribution in [0.3, 0.4) is 0 Å². The van der Waals surface area contributed by atoms with Gasteiger partial charge in [-0.2, -0.15) is 5.26 Å². The van der Waals surface area contributed by atoms with Gasteiger partial charge >= 0.3 is 0 Å². The van der Waals surface area contributed by atoms with Crippen molar-refractivity contribution in [3.05, 3.63) is 28.8 Å². The monoisotopic (exact) mass is 286 g/mol. The summed E-state index contributed by atoms with van der Waals surface area (Å²) in [5.41, 5.74) is 0.100. The second kappa shape index (κ2) is 5.17. The molecule has 0 saturated carbocycles. The van der Waals surface area contributed by atoms with Gasteiger partial charge in [0.25, 0.3) is 0 Å². The van der Waals surface area contributed by atoms with Crippen LogP contribution < -0.4 is 4.72 Å². The average molecular weight is 287 g/mol. The number of nitrogens with zero attached hydrogens (tertiary/aromatic N) is 1.